The van der Waals surface area contributed by atoms with Crippen LogP contribution in [0.25, 0.3) is 17.0 Å². The molecule has 1 aliphatic rings. The lowest BCUT2D eigenvalue weighted by molar-refractivity contribution is -0.384. The van der Waals surface area contributed by atoms with E-state index in [9.17, 15) is 19.7 Å². The number of methoxy groups -OCH3 is 1. The van der Waals surface area contributed by atoms with E-state index >= 15 is 0 Å². The number of nitrogens with zero attached hydrogens (tertiary/aromatic N) is 4. The molecule has 0 unspecified atom stereocenters. The van der Waals surface area contributed by atoms with Gasteiger partial charge in [-0.15, -0.1) is 0 Å². The van der Waals surface area contributed by atoms with E-state index in [1.807, 2.05) is 35.0 Å². The maximum atomic E-state index is 13.7. The van der Waals surface area contributed by atoms with Crippen molar-refractivity contribution in [3.63, 3.8) is 0 Å². The van der Waals surface area contributed by atoms with Crippen molar-refractivity contribution in [2.45, 2.75) is 6.54 Å². The third-order valence-electron chi connectivity index (χ3n) is 6.35. The molecule has 0 aliphatic carbocycles. The van der Waals surface area contributed by atoms with E-state index in [2.05, 4.69) is 0 Å². The quantitative estimate of drug-likeness (QED) is 0.0981. The fourth-order valence-electron chi connectivity index (χ4n) is 4.43. The molecule has 196 valence electrons. The Hall–Kier alpha value is -4.54. The molecule has 1 aromatic heterocycles. The zero-order valence-corrected chi connectivity index (χ0v) is 22.2. The number of thiocarbonyl (C=S) groups is 1. The number of nitro benzene ring substituents is 1. The minimum absolute atomic E-state index is 0.0215. The molecule has 1 fully saturated rings. The minimum Gasteiger partial charge on any atom is -0.468 e. The topological polar surface area (TPSA) is 97.9 Å². The summed E-state index contributed by atoms with van der Waals surface area (Å²) in [6.45, 7) is 0.218. The first-order chi connectivity index (χ1) is 18.8. The average Bonchev–Trinajstić information content (AvgIpc) is 3.39. The van der Waals surface area contributed by atoms with E-state index in [4.69, 9.17) is 28.6 Å². The summed E-state index contributed by atoms with van der Waals surface area (Å²) in [5.41, 5.74) is 3.29. The zero-order valence-electron chi connectivity index (χ0n) is 20.6. The number of carbonyl (C=O) groups is 2. The van der Waals surface area contributed by atoms with E-state index < -0.39 is 16.8 Å². The fraction of sp³-hybridized carbons (Fsp3) is 0.107. The maximum absolute atomic E-state index is 13.7. The Kier molecular flexibility index (Phi) is 7.14. The molecule has 1 saturated heterocycles. The van der Waals surface area contributed by atoms with Gasteiger partial charge in [0.25, 0.3) is 11.6 Å². The monoisotopic (exact) mass is 560 g/mol. The highest BCUT2D eigenvalue weighted by Crippen LogP contribution is 2.32. The van der Waals surface area contributed by atoms with Crippen molar-refractivity contribution in [1.82, 2.24) is 9.47 Å². The van der Waals surface area contributed by atoms with Crippen molar-refractivity contribution in [3.8, 4) is 0 Å². The Bertz CT molecular complexity index is 1650. The van der Waals surface area contributed by atoms with Crippen molar-refractivity contribution in [1.29, 1.82) is 0 Å². The Morgan fingerprint density at radius 2 is 1.77 bits per heavy atom. The van der Waals surface area contributed by atoms with E-state index in [1.54, 1.807) is 42.5 Å². The number of hydrogen-bond donors (Lipinski definition) is 0. The molecule has 3 aromatic carbocycles. The van der Waals surface area contributed by atoms with Gasteiger partial charge in [-0.05, 0) is 54.2 Å². The normalized spacial score (nSPS) is 14.5. The summed E-state index contributed by atoms with van der Waals surface area (Å²) in [6.07, 6.45) is 3.61. The van der Waals surface area contributed by atoms with Crippen LogP contribution in [0.15, 0.2) is 84.7 Å². The summed E-state index contributed by atoms with van der Waals surface area (Å²) in [4.78, 5) is 39.3. The van der Waals surface area contributed by atoms with Crippen LogP contribution in [0, 0.1) is 10.1 Å². The molecule has 2 heterocycles. The second-order valence-electron chi connectivity index (χ2n) is 8.74. The van der Waals surface area contributed by atoms with E-state index in [0.717, 1.165) is 22.0 Å². The van der Waals surface area contributed by atoms with Crippen LogP contribution in [0.5, 0.6) is 0 Å². The van der Waals surface area contributed by atoms with Crippen LogP contribution in [0.3, 0.4) is 0 Å². The molecule has 9 nitrogen and oxygen atoms in total. The number of esters is 1. The summed E-state index contributed by atoms with van der Waals surface area (Å²) in [7, 11) is 1.27. The molecular weight excluding hydrogens is 540 g/mol. The lowest BCUT2D eigenvalue weighted by atomic mass is 10.1. The Morgan fingerprint density at radius 1 is 1.08 bits per heavy atom. The fourth-order valence-corrected chi connectivity index (χ4v) is 4.91. The Balaban J connectivity index is 1.57. The highest BCUT2D eigenvalue weighted by Gasteiger charge is 2.40. The minimum atomic E-state index is -0.547. The number of anilines is 1. The highest BCUT2D eigenvalue weighted by atomic mass is 35.5. The SMILES string of the molecule is COC(=O)CN1C(=S)N(c2ccc(Cl)cc2)C(=O)/C1=C/c1cn(Cc2ccc([N+](=O)[O-])cc2)c2ccccc12. The maximum Gasteiger partial charge on any atom is 0.325 e. The molecule has 0 spiro atoms. The summed E-state index contributed by atoms with van der Waals surface area (Å²) >= 11 is 11.7. The number of rotatable bonds is 7. The van der Waals surface area contributed by atoms with Gasteiger partial charge in [-0.2, -0.15) is 0 Å². The summed E-state index contributed by atoms with van der Waals surface area (Å²) in [6, 6.07) is 20.7. The number of benzene rings is 3. The predicted octanol–water partition coefficient (Wildman–Crippen LogP) is 5.40. The second-order valence-corrected chi connectivity index (χ2v) is 9.55. The second kappa shape index (κ2) is 10.7. The smallest absolute Gasteiger partial charge is 0.325 e. The number of aromatic nitrogens is 1. The third kappa shape index (κ3) is 5.12. The first-order valence-electron chi connectivity index (χ1n) is 11.8. The lowest BCUT2D eigenvalue weighted by Gasteiger charge is -2.19. The Labute approximate surface area is 233 Å². The summed E-state index contributed by atoms with van der Waals surface area (Å²) < 4.78 is 6.86. The number of halogens is 1. The molecule has 0 N–H and O–H groups in total. The van der Waals surface area contributed by atoms with Crippen LogP contribution in [0.1, 0.15) is 11.1 Å². The van der Waals surface area contributed by atoms with Gasteiger partial charge in [0.1, 0.15) is 12.2 Å². The number of hydrogen-bond acceptors (Lipinski definition) is 6. The third-order valence-corrected chi connectivity index (χ3v) is 7.00. The van der Waals surface area contributed by atoms with Crippen LogP contribution in [-0.2, 0) is 20.9 Å². The number of nitro groups is 1. The lowest BCUT2D eigenvalue weighted by Crippen LogP contribution is -2.35. The Morgan fingerprint density at radius 3 is 2.44 bits per heavy atom. The highest BCUT2D eigenvalue weighted by molar-refractivity contribution is 7.80. The van der Waals surface area contributed by atoms with Crippen molar-refractivity contribution in [3.05, 3.63) is 111 Å². The van der Waals surface area contributed by atoms with Gasteiger partial charge in [0.2, 0.25) is 0 Å². The molecule has 0 bridgehead atoms. The van der Waals surface area contributed by atoms with Gasteiger partial charge in [0.15, 0.2) is 5.11 Å². The molecule has 4 aromatic rings. The number of para-hydroxylation sites is 1. The van der Waals surface area contributed by atoms with E-state index in [0.29, 0.717) is 17.3 Å². The number of ether oxygens (including phenoxy) is 1. The molecule has 39 heavy (non-hydrogen) atoms. The van der Waals surface area contributed by atoms with Gasteiger partial charge in [-0.25, -0.2) is 0 Å². The number of carbonyl (C=O) groups excluding carboxylic acids is 2. The largest absolute Gasteiger partial charge is 0.468 e. The van der Waals surface area contributed by atoms with Crippen molar-refractivity contribution < 1.29 is 19.2 Å². The number of non-ortho nitro benzene ring substituents is 1. The summed E-state index contributed by atoms with van der Waals surface area (Å²) in [5.74, 6) is -0.937. The molecule has 0 atom stereocenters. The van der Waals surface area contributed by atoms with Gasteiger partial charge < -0.3 is 14.2 Å². The van der Waals surface area contributed by atoms with E-state index in [1.165, 1.54) is 29.0 Å². The molecule has 0 saturated carbocycles. The molecule has 1 amide bonds. The first kappa shape index (κ1) is 26.1. The zero-order chi connectivity index (χ0) is 27.7. The van der Waals surface area contributed by atoms with Gasteiger partial charge in [0.05, 0.1) is 17.7 Å². The van der Waals surface area contributed by atoms with Crippen molar-refractivity contribution in [2.24, 2.45) is 0 Å². The van der Waals surface area contributed by atoms with Crippen LogP contribution >= 0.6 is 23.8 Å². The first-order valence-corrected chi connectivity index (χ1v) is 12.6. The van der Waals surface area contributed by atoms with Gasteiger partial charge >= 0.3 is 5.97 Å². The molecular formula is C28H21ClN4O5S. The molecule has 1 aliphatic heterocycles. The van der Waals surface area contributed by atoms with Crippen LogP contribution < -0.4 is 4.90 Å². The summed E-state index contributed by atoms with van der Waals surface area (Å²) in [5, 5.41) is 12.6. The van der Waals surface area contributed by atoms with Gasteiger partial charge in [-0.3, -0.25) is 24.6 Å². The van der Waals surface area contributed by atoms with Crippen LogP contribution in [0.2, 0.25) is 5.02 Å². The van der Waals surface area contributed by atoms with Crippen molar-refractivity contribution >= 4 is 69.2 Å². The van der Waals surface area contributed by atoms with Gasteiger partial charge in [0, 0.05) is 46.4 Å². The standard InChI is InChI=1S/C28H21ClN4O5S/c1-38-26(34)17-31-25(27(35)32(28(31)39)21-12-8-20(29)9-13-21)14-19-16-30(24-5-3-2-4-23(19)24)15-18-6-10-22(11-7-18)33(36)37/h2-14,16H,15,17H2,1H3/b25-14-. The molecule has 0 radical (unpaired) electrons. The average molecular weight is 561 g/mol. The molecule has 5 rings (SSSR count). The van der Waals surface area contributed by atoms with Crippen LogP contribution in [-0.4, -0.2) is 45.0 Å². The van der Waals surface area contributed by atoms with Gasteiger partial charge in [-0.1, -0.05) is 41.9 Å². The van der Waals surface area contributed by atoms with Crippen LogP contribution in [0.4, 0.5) is 11.4 Å². The number of amides is 1. The van der Waals surface area contributed by atoms with E-state index in [-0.39, 0.29) is 23.0 Å². The number of fused-ring (bicyclic) bond motifs is 1. The predicted molar refractivity (Wildman–Crippen MR) is 152 cm³/mol. The molecule has 11 heteroatoms. The van der Waals surface area contributed by atoms with Crippen molar-refractivity contribution in [2.75, 3.05) is 18.6 Å².